The molecule has 0 spiro atoms. The number of hydrogen-bond donors (Lipinski definition) is 0. The molecule has 1 unspecified atom stereocenters. The van der Waals surface area contributed by atoms with E-state index in [-0.39, 0.29) is 6.04 Å². The fourth-order valence-corrected chi connectivity index (χ4v) is 1.94. The lowest BCUT2D eigenvalue weighted by molar-refractivity contribution is -0.116. The van der Waals surface area contributed by atoms with E-state index in [2.05, 4.69) is 12.3 Å². The molecule has 0 aliphatic heterocycles. The van der Waals surface area contributed by atoms with Crippen LogP contribution in [-0.2, 0) is 4.84 Å². The molecule has 0 radical (unpaired) electrons. The van der Waals surface area contributed by atoms with E-state index in [1.165, 1.54) is 5.06 Å². The first kappa shape index (κ1) is 13.1. The van der Waals surface area contributed by atoms with Gasteiger partial charge in [-0.1, -0.05) is 54.6 Å². The van der Waals surface area contributed by atoms with E-state index in [1.54, 1.807) is 0 Å². The molecular weight excluding hydrogens is 236 g/mol. The SMILES string of the molecule is CCON(C#N)C1C=CC=CC1=Cc1ccccc1. The van der Waals surface area contributed by atoms with Gasteiger partial charge in [0.05, 0.1) is 6.61 Å². The number of nitriles is 1. The summed E-state index contributed by atoms with van der Waals surface area (Å²) in [5.41, 5.74) is 2.14. The summed E-state index contributed by atoms with van der Waals surface area (Å²) in [6, 6.07) is 9.87. The summed E-state index contributed by atoms with van der Waals surface area (Å²) in [7, 11) is 0. The Morgan fingerprint density at radius 2 is 2.11 bits per heavy atom. The third-order valence-electron chi connectivity index (χ3n) is 2.79. The van der Waals surface area contributed by atoms with Crippen LogP contribution >= 0.6 is 0 Å². The Hall–Kier alpha value is -2.31. The maximum Gasteiger partial charge on any atom is 0.206 e. The average molecular weight is 252 g/mol. The topological polar surface area (TPSA) is 36.3 Å². The van der Waals surface area contributed by atoms with Crippen LogP contribution in [-0.4, -0.2) is 17.7 Å². The standard InChI is InChI=1S/C16H16N2O/c1-2-19-18(13-17)16-11-7-6-10-15(16)12-14-8-4-3-5-9-14/h3-12,16H,2H2,1H3. The zero-order valence-corrected chi connectivity index (χ0v) is 10.9. The van der Waals surface area contributed by atoms with Crippen molar-refractivity contribution >= 4 is 6.08 Å². The second kappa shape index (κ2) is 6.58. The minimum absolute atomic E-state index is 0.171. The molecule has 1 aliphatic rings. The highest BCUT2D eigenvalue weighted by molar-refractivity contribution is 5.59. The van der Waals surface area contributed by atoms with Gasteiger partial charge < -0.3 is 0 Å². The van der Waals surface area contributed by atoms with Crippen molar-refractivity contribution in [1.82, 2.24) is 5.06 Å². The van der Waals surface area contributed by atoms with Gasteiger partial charge in [0.25, 0.3) is 0 Å². The highest BCUT2D eigenvalue weighted by atomic mass is 16.7. The molecule has 0 bridgehead atoms. The Labute approximate surface area is 113 Å². The molecule has 1 aliphatic carbocycles. The molecule has 3 heteroatoms. The predicted octanol–water partition coefficient (Wildman–Crippen LogP) is 3.30. The van der Waals surface area contributed by atoms with Crippen molar-refractivity contribution in [1.29, 1.82) is 5.26 Å². The molecule has 1 aromatic rings. The summed E-state index contributed by atoms with van der Waals surface area (Å²) < 4.78 is 0. The van der Waals surface area contributed by atoms with Gasteiger partial charge in [0.1, 0.15) is 6.04 Å². The number of hydrogen-bond acceptors (Lipinski definition) is 3. The van der Waals surface area contributed by atoms with E-state index in [0.29, 0.717) is 6.61 Å². The Morgan fingerprint density at radius 3 is 2.79 bits per heavy atom. The van der Waals surface area contributed by atoms with E-state index >= 15 is 0 Å². The van der Waals surface area contributed by atoms with Crippen molar-refractivity contribution in [3.63, 3.8) is 0 Å². The van der Waals surface area contributed by atoms with Crippen molar-refractivity contribution in [2.75, 3.05) is 6.61 Å². The van der Waals surface area contributed by atoms with Gasteiger partial charge in [-0.15, -0.1) is 0 Å². The van der Waals surface area contributed by atoms with E-state index in [4.69, 9.17) is 10.1 Å². The minimum atomic E-state index is -0.171. The maximum absolute atomic E-state index is 9.16. The predicted molar refractivity (Wildman–Crippen MR) is 75.6 cm³/mol. The first-order valence-corrected chi connectivity index (χ1v) is 6.28. The van der Waals surface area contributed by atoms with Gasteiger partial charge in [-0.05, 0) is 24.1 Å². The van der Waals surface area contributed by atoms with Gasteiger partial charge in [-0.3, -0.25) is 4.84 Å². The Kier molecular flexibility index (Phi) is 4.54. The molecule has 0 saturated heterocycles. The highest BCUT2D eigenvalue weighted by Gasteiger charge is 2.19. The largest absolute Gasteiger partial charge is 0.264 e. The van der Waals surface area contributed by atoms with Gasteiger partial charge in [0.2, 0.25) is 6.19 Å². The molecule has 0 fully saturated rings. The van der Waals surface area contributed by atoms with E-state index in [1.807, 2.05) is 61.6 Å². The summed E-state index contributed by atoms with van der Waals surface area (Å²) in [4.78, 5) is 5.34. The highest BCUT2D eigenvalue weighted by Crippen LogP contribution is 2.20. The lowest BCUT2D eigenvalue weighted by Gasteiger charge is -2.25. The first-order valence-electron chi connectivity index (χ1n) is 6.28. The van der Waals surface area contributed by atoms with Gasteiger partial charge in [0, 0.05) is 0 Å². The zero-order chi connectivity index (χ0) is 13.5. The van der Waals surface area contributed by atoms with Crippen LogP contribution in [0, 0.1) is 11.5 Å². The molecule has 0 heterocycles. The quantitative estimate of drug-likeness (QED) is 0.468. The maximum atomic E-state index is 9.16. The molecule has 0 aromatic heterocycles. The van der Waals surface area contributed by atoms with E-state index in [9.17, 15) is 0 Å². The van der Waals surface area contributed by atoms with Crippen LogP contribution in [0.15, 0.2) is 60.2 Å². The first-order chi connectivity index (χ1) is 9.35. The van der Waals surface area contributed by atoms with Crippen LogP contribution in [0.25, 0.3) is 6.08 Å². The molecule has 0 amide bonds. The lowest BCUT2D eigenvalue weighted by atomic mass is 9.99. The van der Waals surface area contributed by atoms with Crippen LogP contribution in [0.3, 0.4) is 0 Å². The third-order valence-corrected chi connectivity index (χ3v) is 2.79. The summed E-state index contributed by atoms with van der Waals surface area (Å²) >= 11 is 0. The Bertz CT molecular complexity index is 538. The Balaban J connectivity index is 2.27. The van der Waals surface area contributed by atoms with Crippen LogP contribution < -0.4 is 0 Å². The zero-order valence-electron chi connectivity index (χ0n) is 10.9. The van der Waals surface area contributed by atoms with E-state index in [0.717, 1.165) is 11.1 Å². The van der Waals surface area contributed by atoms with Gasteiger partial charge in [-0.2, -0.15) is 10.3 Å². The second-order valence-electron chi connectivity index (χ2n) is 4.09. The minimum Gasteiger partial charge on any atom is -0.264 e. The van der Waals surface area contributed by atoms with Crippen molar-refractivity contribution < 1.29 is 4.84 Å². The van der Waals surface area contributed by atoms with Crippen molar-refractivity contribution in [3.05, 3.63) is 65.8 Å². The monoisotopic (exact) mass is 252 g/mol. The second-order valence-corrected chi connectivity index (χ2v) is 4.09. The fourth-order valence-electron chi connectivity index (χ4n) is 1.94. The normalized spacial score (nSPS) is 19.4. The van der Waals surface area contributed by atoms with Gasteiger partial charge >= 0.3 is 0 Å². The molecule has 0 N–H and O–H groups in total. The fraction of sp³-hybridized carbons (Fsp3) is 0.188. The summed E-state index contributed by atoms with van der Waals surface area (Å²) in [5, 5.41) is 10.5. The number of nitrogens with zero attached hydrogens (tertiary/aromatic N) is 2. The van der Waals surface area contributed by atoms with Gasteiger partial charge in [0.15, 0.2) is 0 Å². The summed E-state index contributed by atoms with van der Waals surface area (Å²) in [6.07, 6.45) is 12.0. The number of rotatable bonds is 4. The molecule has 96 valence electrons. The molecule has 1 atom stereocenters. The van der Waals surface area contributed by atoms with Crippen molar-refractivity contribution in [2.45, 2.75) is 13.0 Å². The van der Waals surface area contributed by atoms with Crippen molar-refractivity contribution in [2.24, 2.45) is 0 Å². The van der Waals surface area contributed by atoms with Crippen LogP contribution in [0.1, 0.15) is 12.5 Å². The van der Waals surface area contributed by atoms with Crippen molar-refractivity contribution in [3.8, 4) is 6.19 Å². The van der Waals surface area contributed by atoms with Gasteiger partial charge in [-0.25, -0.2) is 0 Å². The Morgan fingerprint density at radius 1 is 1.32 bits per heavy atom. The molecule has 2 rings (SSSR count). The molecule has 1 aromatic carbocycles. The third kappa shape index (κ3) is 3.34. The number of allylic oxidation sites excluding steroid dienone is 2. The summed E-state index contributed by atoms with van der Waals surface area (Å²) in [5.74, 6) is 0. The van der Waals surface area contributed by atoms with E-state index < -0.39 is 0 Å². The van der Waals surface area contributed by atoms with Crippen LogP contribution in [0.2, 0.25) is 0 Å². The average Bonchev–Trinajstić information content (AvgIpc) is 2.47. The smallest absolute Gasteiger partial charge is 0.206 e. The number of hydroxylamine groups is 2. The van der Waals surface area contributed by atoms with Crippen LogP contribution in [0.4, 0.5) is 0 Å². The molecule has 0 saturated carbocycles. The summed E-state index contributed by atoms with van der Waals surface area (Å²) in [6.45, 7) is 2.34. The van der Waals surface area contributed by atoms with Crippen LogP contribution in [0.5, 0.6) is 0 Å². The molecule has 3 nitrogen and oxygen atoms in total. The lowest BCUT2D eigenvalue weighted by Crippen LogP contribution is -2.31. The molecule has 19 heavy (non-hydrogen) atoms. The molecular formula is C16H16N2O. The number of benzene rings is 1.